The molecule has 31 heavy (non-hydrogen) atoms. The molecule has 0 saturated carbocycles. The standard InChI is InChI=1S/C20H14F2N4O3S2/c21-12-9-14(22)18-16(10-12)31-20(23-18)25-5-3-24(4-6-25)19(27)17-8-11-7-13(26(28)29)1-2-15(11)30-17/h1-2,7-10H,3-6H2. The van der Waals surface area contributed by atoms with E-state index in [1.807, 2.05) is 4.90 Å². The van der Waals surface area contributed by atoms with Gasteiger partial charge in [0.1, 0.15) is 11.3 Å². The van der Waals surface area contributed by atoms with Crippen LogP contribution in [-0.2, 0) is 0 Å². The molecule has 1 fully saturated rings. The van der Waals surface area contributed by atoms with E-state index in [9.17, 15) is 23.7 Å². The Kier molecular flexibility index (Phi) is 4.78. The average molecular weight is 460 g/mol. The maximum Gasteiger partial charge on any atom is 0.270 e. The normalized spacial score (nSPS) is 14.5. The fourth-order valence-electron chi connectivity index (χ4n) is 3.59. The van der Waals surface area contributed by atoms with Crippen LogP contribution in [0.1, 0.15) is 9.67 Å². The molecule has 2 aromatic heterocycles. The fourth-order valence-corrected chi connectivity index (χ4v) is 5.65. The minimum Gasteiger partial charge on any atom is -0.345 e. The van der Waals surface area contributed by atoms with Crippen molar-refractivity contribution < 1.29 is 18.5 Å². The molecule has 0 unspecified atom stereocenters. The highest BCUT2D eigenvalue weighted by Crippen LogP contribution is 2.33. The zero-order chi connectivity index (χ0) is 21.7. The molecular weight excluding hydrogens is 446 g/mol. The van der Waals surface area contributed by atoms with Crippen molar-refractivity contribution in [3.05, 3.63) is 63.0 Å². The molecule has 1 saturated heterocycles. The van der Waals surface area contributed by atoms with E-state index in [4.69, 9.17) is 0 Å². The summed E-state index contributed by atoms with van der Waals surface area (Å²) in [7, 11) is 0. The second-order valence-electron chi connectivity index (χ2n) is 7.10. The Morgan fingerprint density at radius 3 is 2.55 bits per heavy atom. The third-order valence-electron chi connectivity index (χ3n) is 5.16. The lowest BCUT2D eigenvalue weighted by molar-refractivity contribution is -0.384. The number of benzene rings is 2. The van der Waals surface area contributed by atoms with Crippen LogP contribution in [0.25, 0.3) is 20.3 Å². The number of nitro groups is 1. The molecule has 3 heterocycles. The molecule has 0 aliphatic carbocycles. The summed E-state index contributed by atoms with van der Waals surface area (Å²) in [5, 5.41) is 12.2. The number of hydrogen-bond donors (Lipinski definition) is 0. The average Bonchev–Trinajstić information content (AvgIpc) is 3.37. The molecule has 11 heteroatoms. The van der Waals surface area contributed by atoms with Gasteiger partial charge in [-0.2, -0.15) is 0 Å². The number of carbonyl (C=O) groups is 1. The first-order valence-corrected chi connectivity index (χ1v) is 11.0. The van der Waals surface area contributed by atoms with E-state index in [2.05, 4.69) is 4.98 Å². The fraction of sp³-hybridized carbons (Fsp3) is 0.200. The van der Waals surface area contributed by atoms with Crippen LogP contribution < -0.4 is 4.90 Å². The van der Waals surface area contributed by atoms with Crippen LogP contribution in [0.3, 0.4) is 0 Å². The SMILES string of the molecule is O=C(c1cc2cc([N+](=O)[O-])ccc2s1)N1CCN(c2nc3c(F)cc(F)cc3s2)CC1. The number of rotatable bonds is 3. The van der Waals surface area contributed by atoms with Gasteiger partial charge in [-0.1, -0.05) is 11.3 Å². The summed E-state index contributed by atoms with van der Waals surface area (Å²) < 4.78 is 28.6. The van der Waals surface area contributed by atoms with Gasteiger partial charge in [0.2, 0.25) is 0 Å². The van der Waals surface area contributed by atoms with Gasteiger partial charge in [-0.05, 0) is 18.2 Å². The van der Waals surface area contributed by atoms with Gasteiger partial charge in [0, 0.05) is 54.5 Å². The van der Waals surface area contributed by atoms with Crippen molar-refractivity contribution in [2.75, 3.05) is 31.1 Å². The van der Waals surface area contributed by atoms with Crippen LogP contribution in [0.5, 0.6) is 0 Å². The number of thiophene rings is 1. The lowest BCUT2D eigenvalue weighted by Gasteiger charge is -2.34. The number of piperazine rings is 1. The van der Waals surface area contributed by atoms with E-state index in [1.165, 1.54) is 40.9 Å². The summed E-state index contributed by atoms with van der Waals surface area (Å²) in [5.74, 6) is -1.44. The zero-order valence-electron chi connectivity index (χ0n) is 15.9. The number of fused-ring (bicyclic) bond motifs is 2. The molecule has 5 rings (SSSR count). The van der Waals surface area contributed by atoms with Gasteiger partial charge in [0.25, 0.3) is 11.6 Å². The van der Waals surface area contributed by atoms with E-state index in [0.29, 0.717) is 46.3 Å². The molecule has 0 N–H and O–H groups in total. The number of hydrogen-bond acceptors (Lipinski definition) is 7. The Balaban J connectivity index is 1.31. The lowest BCUT2D eigenvalue weighted by Crippen LogP contribution is -2.48. The van der Waals surface area contributed by atoms with Gasteiger partial charge in [0.15, 0.2) is 10.9 Å². The van der Waals surface area contributed by atoms with Crippen LogP contribution in [0, 0.1) is 21.7 Å². The first kappa shape index (κ1) is 19.8. The number of carbonyl (C=O) groups excluding carboxylic acids is 1. The monoisotopic (exact) mass is 460 g/mol. The molecule has 0 radical (unpaired) electrons. The number of halogens is 2. The molecule has 0 atom stereocenters. The molecule has 0 bridgehead atoms. The summed E-state index contributed by atoms with van der Waals surface area (Å²) in [6, 6.07) is 8.33. The van der Waals surface area contributed by atoms with Crippen molar-refractivity contribution in [2.45, 2.75) is 0 Å². The van der Waals surface area contributed by atoms with Gasteiger partial charge in [-0.25, -0.2) is 13.8 Å². The van der Waals surface area contributed by atoms with Crippen molar-refractivity contribution >= 4 is 59.7 Å². The summed E-state index contributed by atoms with van der Waals surface area (Å²) in [5.41, 5.74) is 0.143. The van der Waals surface area contributed by atoms with Gasteiger partial charge in [-0.3, -0.25) is 14.9 Å². The summed E-state index contributed by atoms with van der Waals surface area (Å²) in [4.78, 5) is 31.9. The molecule has 1 aliphatic rings. The minimum absolute atomic E-state index is 0.00920. The quantitative estimate of drug-likeness (QED) is 0.328. The summed E-state index contributed by atoms with van der Waals surface area (Å²) in [6.45, 7) is 1.96. The van der Waals surface area contributed by atoms with Crippen molar-refractivity contribution in [3.63, 3.8) is 0 Å². The topological polar surface area (TPSA) is 79.6 Å². The molecule has 1 amide bonds. The van der Waals surface area contributed by atoms with Crippen LogP contribution in [0.15, 0.2) is 36.4 Å². The maximum absolute atomic E-state index is 13.9. The highest BCUT2D eigenvalue weighted by molar-refractivity contribution is 7.22. The highest BCUT2D eigenvalue weighted by atomic mass is 32.1. The maximum atomic E-state index is 13.9. The predicted octanol–water partition coefficient (Wildman–Crippen LogP) is 4.66. The number of non-ortho nitro benzene ring substituents is 1. The molecule has 4 aromatic rings. The molecule has 7 nitrogen and oxygen atoms in total. The smallest absolute Gasteiger partial charge is 0.270 e. The predicted molar refractivity (Wildman–Crippen MR) is 116 cm³/mol. The molecule has 0 spiro atoms. The van der Waals surface area contributed by atoms with Gasteiger partial charge >= 0.3 is 0 Å². The first-order valence-electron chi connectivity index (χ1n) is 9.37. The summed E-state index contributed by atoms with van der Waals surface area (Å²) in [6.07, 6.45) is 0. The minimum atomic E-state index is -0.684. The Hall–Kier alpha value is -3.18. The van der Waals surface area contributed by atoms with Crippen LogP contribution in [0.4, 0.5) is 19.6 Å². The Morgan fingerprint density at radius 1 is 1.03 bits per heavy atom. The summed E-state index contributed by atoms with van der Waals surface area (Å²) >= 11 is 2.53. The zero-order valence-corrected chi connectivity index (χ0v) is 17.5. The molecule has 2 aromatic carbocycles. The van der Waals surface area contributed by atoms with Gasteiger partial charge < -0.3 is 9.80 Å². The Bertz CT molecular complexity index is 1350. The van der Waals surface area contributed by atoms with E-state index in [0.717, 1.165) is 10.8 Å². The van der Waals surface area contributed by atoms with Crippen molar-refractivity contribution in [1.29, 1.82) is 0 Å². The third-order valence-corrected chi connectivity index (χ3v) is 7.33. The number of nitro benzene ring substituents is 1. The van der Waals surface area contributed by atoms with Crippen molar-refractivity contribution in [3.8, 4) is 0 Å². The number of thiazole rings is 1. The van der Waals surface area contributed by atoms with E-state index in [-0.39, 0.29) is 17.1 Å². The second kappa shape index (κ2) is 7.50. The number of anilines is 1. The number of aromatic nitrogens is 1. The van der Waals surface area contributed by atoms with Crippen LogP contribution in [-0.4, -0.2) is 46.9 Å². The van der Waals surface area contributed by atoms with Crippen LogP contribution in [0.2, 0.25) is 0 Å². The van der Waals surface area contributed by atoms with Gasteiger partial charge in [-0.15, -0.1) is 11.3 Å². The largest absolute Gasteiger partial charge is 0.345 e. The first-order chi connectivity index (χ1) is 14.9. The Morgan fingerprint density at radius 2 is 1.81 bits per heavy atom. The number of amides is 1. The van der Waals surface area contributed by atoms with Gasteiger partial charge in [0.05, 0.1) is 14.5 Å². The van der Waals surface area contributed by atoms with E-state index < -0.39 is 16.6 Å². The lowest BCUT2D eigenvalue weighted by atomic mass is 10.2. The third kappa shape index (κ3) is 3.59. The highest BCUT2D eigenvalue weighted by Gasteiger charge is 2.26. The Labute approximate surface area is 182 Å². The van der Waals surface area contributed by atoms with Crippen molar-refractivity contribution in [1.82, 2.24) is 9.88 Å². The molecular formula is C20H14F2N4O3S2. The van der Waals surface area contributed by atoms with E-state index >= 15 is 0 Å². The molecule has 158 valence electrons. The second-order valence-corrected chi connectivity index (χ2v) is 9.19. The van der Waals surface area contributed by atoms with Crippen LogP contribution >= 0.6 is 22.7 Å². The van der Waals surface area contributed by atoms with E-state index in [1.54, 1.807) is 17.0 Å². The number of nitrogens with zero attached hydrogens (tertiary/aromatic N) is 4. The molecule has 1 aliphatic heterocycles. The van der Waals surface area contributed by atoms with Crippen molar-refractivity contribution in [2.24, 2.45) is 0 Å².